The maximum absolute atomic E-state index is 9.57. The molecule has 0 N–H and O–H groups in total. The summed E-state index contributed by atoms with van der Waals surface area (Å²) in [6.07, 6.45) is 0. The molecular formula is C57H35N7. The molecule has 64 heavy (non-hydrogen) atoms. The fourth-order valence-corrected chi connectivity index (χ4v) is 8.88. The van der Waals surface area contributed by atoms with Crippen molar-refractivity contribution in [2.24, 2.45) is 0 Å². The van der Waals surface area contributed by atoms with Crippen LogP contribution in [0, 0.1) is 0 Å². The standard InChI is InChI=1S/C57H35N7/c1-9-26-44-36(18-1)37-19-2-10-27-45(37)61(44)52-34-17-35-53(62-46-28-11-3-20-38(46)39-21-4-12-29-47(39)62)54(52)55-58-56(63-48-30-13-5-22-40(48)41-23-6-14-31-49(41)63)60-57(59-55)64-50-32-15-7-24-42(50)43-25-8-16-33-51(43)64/h1-35H/i1D,3D,5D,6D,7D,8D,9D,11D,13D,14D,15D,16D,18D,20D,22D,23D,24D,25D,26D,28D,30D,31D,32D,33D. The minimum absolute atomic E-state index is 0.0271. The van der Waals surface area contributed by atoms with Gasteiger partial charge in [-0.15, -0.1) is 0 Å². The molecule has 7 nitrogen and oxygen atoms in total. The number of para-hydroxylation sites is 8. The first-order valence-corrected chi connectivity index (χ1v) is 19.7. The normalized spacial score (nSPS) is 17.3. The molecule has 9 aromatic carbocycles. The zero-order chi connectivity index (χ0) is 62.8. The molecule has 5 aromatic heterocycles. The lowest BCUT2D eigenvalue weighted by atomic mass is 10.1. The van der Waals surface area contributed by atoms with E-state index in [9.17, 15) is 16.4 Å². The summed E-state index contributed by atoms with van der Waals surface area (Å²) in [5, 5.41) is -0.913. The first kappa shape index (κ1) is 19.1. The molecule has 0 bridgehead atoms. The van der Waals surface area contributed by atoms with Crippen LogP contribution in [0.15, 0.2) is 212 Å². The van der Waals surface area contributed by atoms with Crippen LogP contribution < -0.4 is 0 Å². The quantitative estimate of drug-likeness (QED) is 0.173. The van der Waals surface area contributed by atoms with Crippen LogP contribution in [0.2, 0.25) is 0 Å². The third-order valence-electron chi connectivity index (χ3n) is 11.4. The van der Waals surface area contributed by atoms with Crippen molar-refractivity contribution in [3.8, 4) is 34.7 Å². The second kappa shape index (κ2) is 13.3. The Balaban J connectivity index is 1.30. The largest absolute Gasteiger partial charge is 0.308 e. The van der Waals surface area contributed by atoms with E-state index in [0.29, 0.717) is 10.8 Å². The predicted octanol–water partition coefficient (Wildman–Crippen LogP) is 13.9. The topological polar surface area (TPSA) is 58.4 Å². The molecule has 0 unspecified atom stereocenters. The van der Waals surface area contributed by atoms with Crippen LogP contribution in [0.4, 0.5) is 0 Å². The molecule has 14 rings (SSSR count). The van der Waals surface area contributed by atoms with Gasteiger partial charge in [0.05, 0.1) is 94.0 Å². The second-order valence-corrected chi connectivity index (χ2v) is 14.6. The van der Waals surface area contributed by atoms with Crippen LogP contribution in [0.1, 0.15) is 32.9 Å². The summed E-state index contributed by atoms with van der Waals surface area (Å²) in [4.78, 5) is 15.1. The molecule has 0 aliphatic rings. The molecule has 0 saturated carbocycles. The smallest absolute Gasteiger partial charge is 0.240 e. The molecule has 0 radical (unpaired) electrons. The average Bonchev–Trinajstić information content (AvgIpc) is 1.56. The minimum atomic E-state index is -0.833. The van der Waals surface area contributed by atoms with Gasteiger partial charge >= 0.3 is 0 Å². The summed E-state index contributed by atoms with van der Waals surface area (Å²) < 4.78 is 225. The summed E-state index contributed by atoms with van der Waals surface area (Å²) in [5.74, 6) is -2.03. The van der Waals surface area contributed by atoms with Crippen LogP contribution in [-0.4, -0.2) is 33.2 Å². The SMILES string of the molecule is [2H]c1c([2H])c([2H])c2c(c1[2H])c1ccccc1n2-c1cccc(-n2c3ccccc3c3c([2H])c([2H])c([2H])c([2H])c32)c1-c1nc(-n2c3c([2H])c([2H])c([2H])c([2H])c3c3c([2H])c([2H])c([2H])c([2H])c32)nc(-n2c3c([2H])c([2H])c([2H])c([2H])c3c3c([2H])c([2H])c([2H])c([2H])c32)n1. The Hall–Kier alpha value is -8.81. The molecule has 0 aliphatic heterocycles. The zero-order valence-electron chi connectivity index (χ0n) is 56.5. The fourth-order valence-electron chi connectivity index (χ4n) is 8.88. The third-order valence-corrected chi connectivity index (χ3v) is 11.4. The molecule has 0 atom stereocenters. The minimum Gasteiger partial charge on any atom is -0.308 e. The molecule has 0 spiro atoms. The van der Waals surface area contributed by atoms with Crippen molar-refractivity contribution in [2.45, 2.75) is 0 Å². The van der Waals surface area contributed by atoms with E-state index in [0.717, 1.165) is 9.13 Å². The lowest BCUT2D eigenvalue weighted by molar-refractivity contribution is 0.890. The van der Waals surface area contributed by atoms with Crippen LogP contribution in [0.3, 0.4) is 0 Å². The van der Waals surface area contributed by atoms with Gasteiger partial charge < -0.3 is 9.13 Å². The van der Waals surface area contributed by atoms with Gasteiger partial charge in [0.1, 0.15) is 0 Å². The van der Waals surface area contributed by atoms with E-state index in [4.69, 9.17) is 31.4 Å². The summed E-state index contributed by atoms with van der Waals surface area (Å²) in [6.45, 7) is 0. The number of aromatic nitrogens is 7. The van der Waals surface area contributed by atoms with Crippen molar-refractivity contribution in [2.75, 3.05) is 0 Å². The molecule has 298 valence electrons. The van der Waals surface area contributed by atoms with Crippen molar-refractivity contribution >= 4 is 87.2 Å². The molecule has 0 aliphatic carbocycles. The molecule has 0 amide bonds. The van der Waals surface area contributed by atoms with E-state index in [-0.39, 0.29) is 49.8 Å². The Bertz CT molecular complexity index is 5160. The monoisotopic (exact) mass is 841 g/mol. The van der Waals surface area contributed by atoms with E-state index in [1.165, 1.54) is 21.3 Å². The highest BCUT2D eigenvalue weighted by molar-refractivity contribution is 6.13. The number of rotatable bonds is 5. The Morgan fingerprint density at radius 3 is 0.969 bits per heavy atom. The van der Waals surface area contributed by atoms with E-state index in [2.05, 4.69) is 0 Å². The molecule has 7 heteroatoms. The maximum atomic E-state index is 9.57. The lowest BCUT2D eigenvalue weighted by Crippen LogP contribution is -2.12. The van der Waals surface area contributed by atoms with Gasteiger partial charge in [-0.05, 0) is 60.5 Å². The van der Waals surface area contributed by atoms with Crippen molar-refractivity contribution in [3.63, 3.8) is 0 Å². The van der Waals surface area contributed by atoms with E-state index in [1.807, 2.05) is 0 Å². The maximum Gasteiger partial charge on any atom is 0.240 e. The van der Waals surface area contributed by atoms with E-state index < -0.39 is 206 Å². The van der Waals surface area contributed by atoms with Gasteiger partial charge in [-0.25, -0.2) is 0 Å². The number of hydrogen-bond acceptors (Lipinski definition) is 3. The summed E-state index contributed by atoms with van der Waals surface area (Å²) in [7, 11) is 0. The molecule has 14 aromatic rings. The summed E-state index contributed by atoms with van der Waals surface area (Å²) >= 11 is 0. The van der Waals surface area contributed by atoms with Crippen molar-refractivity contribution in [1.82, 2.24) is 33.2 Å². The predicted molar refractivity (Wildman–Crippen MR) is 263 cm³/mol. The molecule has 5 heterocycles. The Labute approximate surface area is 399 Å². The summed E-state index contributed by atoms with van der Waals surface area (Å²) in [6, 6.07) is 0.821. The summed E-state index contributed by atoms with van der Waals surface area (Å²) in [5.41, 5.74) is -1.91. The van der Waals surface area contributed by atoms with E-state index >= 15 is 0 Å². The van der Waals surface area contributed by atoms with Crippen LogP contribution in [-0.2, 0) is 0 Å². The fraction of sp³-hybridized carbons (Fsp3) is 0. The highest BCUT2D eigenvalue weighted by Gasteiger charge is 2.26. The van der Waals surface area contributed by atoms with Gasteiger partial charge in [-0.1, -0.05) is 151 Å². The van der Waals surface area contributed by atoms with Gasteiger partial charge in [0.15, 0.2) is 5.82 Å². The Kier molecular flexibility index (Phi) is 3.98. The zero-order valence-corrected chi connectivity index (χ0v) is 32.5. The van der Waals surface area contributed by atoms with Crippen LogP contribution >= 0.6 is 0 Å². The second-order valence-electron chi connectivity index (χ2n) is 14.6. The number of nitrogens with zero attached hydrogens (tertiary/aromatic N) is 7. The van der Waals surface area contributed by atoms with Crippen LogP contribution in [0.5, 0.6) is 0 Å². The number of hydrogen-bond donors (Lipinski definition) is 0. The van der Waals surface area contributed by atoms with Crippen molar-refractivity contribution in [1.29, 1.82) is 0 Å². The van der Waals surface area contributed by atoms with Gasteiger partial charge in [-0.3, -0.25) is 9.13 Å². The van der Waals surface area contributed by atoms with Crippen LogP contribution in [0.25, 0.3) is 122 Å². The highest BCUT2D eigenvalue weighted by Crippen LogP contribution is 2.42. The molecule has 0 fully saturated rings. The third kappa shape index (κ3) is 4.83. The number of benzene rings is 9. The van der Waals surface area contributed by atoms with Gasteiger partial charge in [-0.2, -0.15) is 15.0 Å². The Morgan fingerprint density at radius 1 is 0.281 bits per heavy atom. The van der Waals surface area contributed by atoms with Gasteiger partial charge in [0.25, 0.3) is 0 Å². The first-order valence-electron chi connectivity index (χ1n) is 31.7. The average molecular weight is 842 g/mol. The van der Waals surface area contributed by atoms with Gasteiger partial charge in [0, 0.05) is 43.1 Å². The van der Waals surface area contributed by atoms with Gasteiger partial charge in [0.2, 0.25) is 11.9 Å². The lowest BCUT2D eigenvalue weighted by Gasteiger charge is -2.20. The highest BCUT2D eigenvalue weighted by atomic mass is 15.3. The Morgan fingerprint density at radius 2 is 0.594 bits per heavy atom. The number of fused-ring (bicyclic) bond motifs is 12. The first-order chi connectivity index (χ1) is 41.8. The van der Waals surface area contributed by atoms with Crippen molar-refractivity contribution < 1.29 is 32.9 Å². The molecule has 0 saturated heterocycles. The molecular weight excluding hydrogens is 783 g/mol. The van der Waals surface area contributed by atoms with E-state index in [1.54, 1.807) is 54.6 Å². The van der Waals surface area contributed by atoms with Crippen molar-refractivity contribution in [3.05, 3.63) is 212 Å².